The Kier molecular flexibility index (Phi) is 4.43. The molecule has 0 radical (unpaired) electrons. The van der Waals surface area contributed by atoms with Gasteiger partial charge in [0.25, 0.3) is 0 Å². The van der Waals surface area contributed by atoms with Crippen LogP contribution in [0.15, 0.2) is 22.8 Å². The third kappa shape index (κ3) is 3.35. The molecule has 2 rings (SSSR count). The fourth-order valence-corrected chi connectivity index (χ4v) is 2.16. The number of furan rings is 1. The largest absolute Gasteiger partial charge is 0.468 e. The van der Waals surface area contributed by atoms with Crippen LogP contribution in [-0.2, 0) is 4.74 Å². The van der Waals surface area contributed by atoms with Crippen molar-refractivity contribution in [3.63, 3.8) is 0 Å². The summed E-state index contributed by atoms with van der Waals surface area (Å²) in [6, 6.07) is 4.25. The van der Waals surface area contributed by atoms with Crippen molar-refractivity contribution < 1.29 is 9.15 Å². The Hall–Kier alpha value is -0.800. The first-order chi connectivity index (χ1) is 7.86. The summed E-state index contributed by atoms with van der Waals surface area (Å²) in [5.41, 5.74) is 0. The highest BCUT2D eigenvalue weighted by atomic mass is 16.5. The lowest BCUT2D eigenvalue weighted by atomic mass is 10.1. The number of hydrogen-bond donors (Lipinski definition) is 1. The zero-order valence-corrected chi connectivity index (χ0v) is 9.95. The van der Waals surface area contributed by atoms with Crippen molar-refractivity contribution in [2.24, 2.45) is 0 Å². The van der Waals surface area contributed by atoms with Crippen molar-refractivity contribution in [3.8, 4) is 0 Å². The van der Waals surface area contributed by atoms with E-state index in [0.29, 0.717) is 12.1 Å². The van der Waals surface area contributed by atoms with Gasteiger partial charge in [0, 0.05) is 6.61 Å². The van der Waals surface area contributed by atoms with Crippen LogP contribution in [0.5, 0.6) is 0 Å². The summed E-state index contributed by atoms with van der Waals surface area (Å²) < 4.78 is 10.9. The third-order valence-electron chi connectivity index (χ3n) is 3.15. The second kappa shape index (κ2) is 6.06. The van der Waals surface area contributed by atoms with Gasteiger partial charge in [-0.25, -0.2) is 0 Å². The van der Waals surface area contributed by atoms with Crippen molar-refractivity contribution in [1.82, 2.24) is 5.32 Å². The van der Waals surface area contributed by atoms with Gasteiger partial charge in [-0.2, -0.15) is 0 Å². The molecule has 2 heterocycles. The van der Waals surface area contributed by atoms with Gasteiger partial charge in [-0.15, -0.1) is 0 Å². The van der Waals surface area contributed by atoms with Crippen molar-refractivity contribution in [1.29, 1.82) is 0 Å². The molecule has 1 fully saturated rings. The molecule has 0 saturated carbocycles. The van der Waals surface area contributed by atoms with Crippen LogP contribution in [0.1, 0.15) is 44.4 Å². The highest BCUT2D eigenvalue weighted by Gasteiger charge is 2.14. The molecule has 16 heavy (non-hydrogen) atoms. The van der Waals surface area contributed by atoms with E-state index in [1.165, 1.54) is 25.7 Å². The lowest BCUT2D eigenvalue weighted by molar-refractivity contribution is 0.102. The summed E-state index contributed by atoms with van der Waals surface area (Å²) in [6.07, 6.45) is 7.07. The first-order valence-electron chi connectivity index (χ1n) is 6.24. The Labute approximate surface area is 97.2 Å². The second-order valence-corrected chi connectivity index (χ2v) is 4.47. The molecule has 90 valence electrons. The molecule has 0 aromatic carbocycles. The molecule has 3 heteroatoms. The summed E-state index contributed by atoms with van der Waals surface area (Å²) in [5, 5.41) is 3.46. The molecule has 0 aliphatic carbocycles. The lowest BCUT2D eigenvalue weighted by Crippen LogP contribution is -2.20. The van der Waals surface area contributed by atoms with Gasteiger partial charge in [-0.1, -0.05) is 0 Å². The Morgan fingerprint density at radius 2 is 2.50 bits per heavy atom. The minimum atomic E-state index is 0.305. The maximum absolute atomic E-state index is 5.59. The lowest BCUT2D eigenvalue weighted by Gasteiger charge is -2.12. The minimum absolute atomic E-state index is 0.305. The molecule has 1 saturated heterocycles. The quantitative estimate of drug-likeness (QED) is 0.753. The molecule has 1 aliphatic heterocycles. The van der Waals surface area contributed by atoms with E-state index in [1.54, 1.807) is 6.26 Å². The summed E-state index contributed by atoms with van der Waals surface area (Å²) in [5.74, 6) is 1.01. The molecular formula is C13H21NO2. The molecule has 0 spiro atoms. The van der Waals surface area contributed by atoms with E-state index >= 15 is 0 Å². The zero-order chi connectivity index (χ0) is 11.2. The van der Waals surface area contributed by atoms with Gasteiger partial charge >= 0.3 is 0 Å². The minimum Gasteiger partial charge on any atom is -0.468 e. The molecule has 1 unspecified atom stereocenters. The highest BCUT2D eigenvalue weighted by molar-refractivity contribution is 5.02. The molecule has 2 atom stereocenters. The Morgan fingerprint density at radius 3 is 3.19 bits per heavy atom. The van der Waals surface area contributed by atoms with Crippen molar-refractivity contribution in [2.75, 3.05) is 13.2 Å². The van der Waals surface area contributed by atoms with Gasteiger partial charge in [-0.3, -0.25) is 0 Å². The van der Waals surface area contributed by atoms with Crippen LogP contribution in [0.4, 0.5) is 0 Å². The Morgan fingerprint density at radius 1 is 1.56 bits per heavy atom. The average Bonchev–Trinajstić information content (AvgIpc) is 2.96. The van der Waals surface area contributed by atoms with E-state index in [4.69, 9.17) is 9.15 Å². The van der Waals surface area contributed by atoms with E-state index in [1.807, 2.05) is 12.1 Å². The Bertz CT molecular complexity index is 278. The van der Waals surface area contributed by atoms with Crippen molar-refractivity contribution in [2.45, 2.75) is 44.8 Å². The van der Waals surface area contributed by atoms with Gasteiger partial charge in [0.15, 0.2) is 0 Å². The van der Waals surface area contributed by atoms with Crippen LogP contribution in [0.3, 0.4) is 0 Å². The first-order valence-corrected chi connectivity index (χ1v) is 6.24. The third-order valence-corrected chi connectivity index (χ3v) is 3.15. The normalized spacial score (nSPS) is 22.4. The maximum atomic E-state index is 5.59. The number of ether oxygens (including phenoxy) is 1. The molecule has 1 aromatic heterocycles. The smallest absolute Gasteiger partial charge is 0.120 e. The molecule has 1 N–H and O–H groups in total. The predicted molar refractivity (Wildman–Crippen MR) is 63.3 cm³/mol. The summed E-state index contributed by atoms with van der Waals surface area (Å²) >= 11 is 0. The fraction of sp³-hybridized carbons (Fsp3) is 0.692. The van der Waals surface area contributed by atoms with E-state index in [0.717, 1.165) is 18.9 Å². The van der Waals surface area contributed by atoms with Gasteiger partial charge in [0.2, 0.25) is 0 Å². The van der Waals surface area contributed by atoms with E-state index in [9.17, 15) is 0 Å². The zero-order valence-electron chi connectivity index (χ0n) is 9.95. The van der Waals surface area contributed by atoms with Crippen molar-refractivity contribution in [3.05, 3.63) is 24.2 Å². The van der Waals surface area contributed by atoms with Gasteiger partial charge in [0.1, 0.15) is 5.76 Å². The highest BCUT2D eigenvalue weighted by Crippen LogP contribution is 2.17. The first kappa shape index (κ1) is 11.7. The van der Waals surface area contributed by atoms with Crippen molar-refractivity contribution >= 4 is 0 Å². The molecule has 0 amide bonds. The standard InChI is InChI=1S/C13H21NO2/c1-11(13-7-4-10-16-13)14-8-2-5-12-6-3-9-15-12/h4,7,10-12,14H,2-3,5-6,8-9H2,1H3/t11-,12?/m1/s1. The van der Waals surface area contributed by atoms with Gasteiger partial charge < -0.3 is 14.5 Å². The molecule has 1 aromatic rings. The Balaban J connectivity index is 1.57. The molecule has 0 bridgehead atoms. The summed E-state index contributed by atoms with van der Waals surface area (Å²) in [6.45, 7) is 4.12. The van der Waals surface area contributed by atoms with Crippen LogP contribution >= 0.6 is 0 Å². The number of hydrogen-bond acceptors (Lipinski definition) is 3. The number of nitrogens with one attached hydrogen (secondary N) is 1. The second-order valence-electron chi connectivity index (χ2n) is 4.47. The monoisotopic (exact) mass is 223 g/mol. The average molecular weight is 223 g/mol. The maximum Gasteiger partial charge on any atom is 0.120 e. The van der Waals surface area contributed by atoms with Crippen LogP contribution in [0.25, 0.3) is 0 Å². The molecule has 3 nitrogen and oxygen atoms in total. The molecule has 1 aliphatic rings. The van der Waals surface area contributed by atoms with Gasteiger partial charge in [0.05, 0.1) is 18.4 Å². The SMILES string of the molecule is C[C@@H](NCCCC1CCCO1)c1ccco1. The van der Waals surface area contributed by atoms with Crippen LogP contribution in [0, 0.1) is 0 Å². The topological polar surface area (TPSA) is 34.4 Å². The number of rotatable bonds is 6. The summed E-state index contributed by atoms with van der Waals surface area (Å²) in [4.78, 5) is 0. The molecular weight excluding hydrogens is 202 g/mol. The fourth-order valence-electron chi connectivity index (χ4n) is 2.16. The van der Waals surface area contributed by atoms with Crippen LogP contribution in [-0.4, -0.2) is 19.3 Å². The van der Waals surface area contributed by atoms with E-state index < -0.39 is 0 Å². The van der Waals surface area contributed by atoms with E-state index in [-0.39, 0.29) is 0 Å². The van der Waals surface area contributed by atoms with Crippen LogP contribution in [0.2, 0.25) is 0 Å². The predicted octanol–water partition coefficient (Wildman–Crippen LogP) is 2.89. The van der Waals surface area contributed by atoms with Gasteiger partial charge in [-0.05, 0) is 51.3 Å². The van der Waals surface area contributed by atoms with Crippen LogP contribution < -0.4 is 5.32 Å². The van der Waals surface area contributed by atoms with E-state index in [2.05, 4.69) is 12.2 Å². The summed E-state index contributed by atoms with van der Waals surface area (Å²) in [7, 11) is 0.